The Morgan fingerprint density at radius 1 is 1.30 bits per heavy atom. The lowest BCUT2D eigenvalue weighted by Gasteiger charge is -2.08. The Balaban J connectivity index is 1.38. The van der Waals surface area contributed by atoms with Gasteiger partial charge in [0.25, 0.3) is 5.91 Å². The smallest absolute Gasteiger partial charge is 0.315 e. The molecule has 8 heteroatoms. The first kappa shape index (κ1) is 17.2. The number of halogens is 1. The number of aromatic nitrogens is 1. The minimum absolute atomic E-state index is 0.195. The minimum Gasteiger partial charge on any atom is -0.480 e. The van der Waals surface area contributed by atoms with E-state index in [1.165, 1.54) is 23.5 Å². The van der Waals surface area contributed by atoms with Crippen molar-refractivity contribution in [3.05, 3.63) is 59.2 Å². The number of ether oxygens (including phenoxy) is 2. The normalized spacial score (nSPS) is 12.4. The number of carbonyl (C=O) groups is 2. The van der Waals surface area contributed by atoms with Gasteiger partial charge in [0.2, 0.25) is 0 Å². The molecular formula is C19H13FN2O4S. The molecule has 1 aromatic heterocycles. The number of esters is 1. The van der Waals surface area contributed by atoms with Crippen molar-refractivity contribution in [2.45, 2.75) is 6.42 Å². The summed E-state index contributed by atoms with van der Waals surface area (Å²) in [6, 6.07) is 11.2. The zero-order valence-electron chi connectivity index (χ0n) is 13.9. The lowest BCUT2D eigenvalue weighted by Crippen LogP contribution is -2.20. The number of benzene rings is 2. The molecule has 0 fully saturated rings. The predicted octanol–water partition coefficient (Wildman–Crippen LogP) is 3.43. The molecule has 3 aromatic rings. The Morgan fingerprint density at radius 3 is 3.00 bits per heavy atom. The molecule has 1 aliphatic rings. The standard InChI is InChI=1S/C19H13FN2O4S/c20-13-5-1-3-11(7-13)14-10-27-19(21-14)22-16(23)9-25-15-6-2-4-12-8-17(24)26-18(12)15/h1-7,10H,8-9H2,(H,21,22,23). The summed E-state index contributed by atoms with van der Waals surface area (Å²) in [6.07, 6.45) is 0.195. The Kier molecular flexibility index (Phi) is 4.55. The highest BCUT2D eigenvalue weighted by Crippen LogP contribution is 2.35. The maximum atomic E-state index is 13.3. The second kappa shape index (κ2) is 7.16. The van der Waals surface area contributed by atoms with E-state index in [1.54, 1.807) is 35.7 Å². The Morgan fingerprint density at radius 2 is 2.15 bits per heavy atom. The molecular weight excluding hydrogens is 371 g/mol. The summed E-state index contributed by atoms with van der Waals surface area (Å²) in [4.78, 5) is 27.8. The predicted molar refractivity (Wildman–Crippen MR) is 97.4 cm³/mol. The molecule has 27 heavy (non-hydrogen) atoms. The van der Waals surface area contributed by atoms with Crippen molar-refractivity contribution in [1.29, 1.82) is 0 Å². The van der Waals surface area contributed by atoms with Crippen LogP contribution >= 0.6 is 11.3 Å². The summed E-state index contributed by atoms with van der Waals surface area (Å²) in [6.45, 7) is -0.261. The maximum absolute atomic E-state index is 13.3. The molecule has 0 atom stereocenters. The molecule has 1 N–H and O–H groups in total. The molecule has 6 nitrogen and oxygen atoms in total. The second-order valence-corrected chi connectivity index (χ2v) is 6.64. The topological polar surface area (TPSA) is 77.5 Å². The van der Waals surface area contributed by atoms with E-state index in [0.717, 1.165) is 5.56 Å². The molecule has 136 valence electrons. The van der Waals surface area contributed by atoms with E-state index in [9.17, 15) is 14.0 Å². The van der Waals surface area contributed by atoms with Gasteiger partial charge < -0.3 is 9.47 Å². The first-order chi connectivity index (χ1) is 13.1. The number of para-hydroxylation sites is 1. The van der Waals surface area contributed by atoms with Crippen LogP contribution in [0.15, 0.2) is 47.8 Å². The van der Waals surface area contributed by atoms with Gasteiger partial charge in [-0.2, -0.15) is 0 Å². The number of nitrogens with one attached hydrogen (secondary N) is 1. The van der Waals surface area contributed by atoms with Crippen LogP contribution in [0.3, 0.4) is 0 Å². The monoisotopic (exact) mass is 384 g/mol. The number of thiazole rings is 1. The summed E-state index contributed by atoms with van der Waals surface area (Å²) in [7, 11) is 0. The molecule has 2 heterocycles. The number of amides is 1. The van der Waals surface area contributed by atoms with Crippen molar-refractivity contribution < 1.29 is 23.5 Å². The number of carbonyl (C=O) groups excluding carboxylic acids is 2. The third kappa shape index (κ3) is 3.80. The fourth-order valence-electron chi connectivity index (χ4n) is 2.65. The van der Waals surface area contributed by atoms with Gasteiger partial charge in [-0.15, -0.1) is 11.3 Å². The zero-order chi connectivity index (χ0) is 18.8. The third-order valence-electron chi connectivity index (χ3n) is 3.84. The van der Waals surface area contributed by atoms with E-state index in [2.05, 4.69) is 10.3 Å². The van der Waals surface area contributed by atoms with Gasteiger partial charge in [-0.1, -0.05) is 24.3 Å². The first-order valence-electron chi connectivity index (χ1n) is 8.05. The minimum atomic E-state index is -0.405. The molecule has 0 unspecified atom stereocenters. The van der Waals surface area contributed by atoms with E-state index in [1.807, 2.05) is 0 Å². The lowest BCUT2D eigenvalue weighted by molar-refractivity contribution is -0.131. The van der Waals surface area contributed by atoms with Gasteiger partial charge in [-0.05, 0) is 18.2 Å². The Hall–Kier alpha value is -3.26. The average Bonchev–Trinajstić information content (AvgIpc) is 3.25. The summed E-state index contributed by atoms with van der Waals surface area (Å²) in [5.41, 5.74) is 1.94. The first-order valence-corrected chi connectivity index (χ1v) is 8.93. The molecule has 0 bridgehead atoms. The van der Waals surface area contributed by atoms with E-state index >= 15 is 0 Å². The highest BCUT2D eigenvalue weighted by Gasteiger charge is 2.24. The highest BCUT2D eigenvalue weighted by molar-refractivity contribution is 7.14. The second-order valence-electron chi connectivity index (χ2n) is 5.78. The quantitative estimate of drug-likeness (QED) is 0.539. The Bertz CT molecular complexity index is 1030. The van der Waals surface area contributed by atoms with Crippen LogP contribution in [-0.4, -0.2) is 23.5 Å². The summed E-state index contributed by atoms with van der Waals surface area (Å²) in [5.74, 6) is -0.406. The fourth-order valence-corrected chi connectivity index (χ4v) is 3.38. The van der Waals surface area contributed by atoms with Crippen LogP contribution in [0.25, 0.3) is 11.3 Å². The number of nitrogens with zero attached hydrogens (tertiary/aromatic N) is 1. The summed E-state index contributed by atoms with van der Waals surface area (Å²) in [5, 5.41) is 4.75. The van der Waals surface area contributed by atoms with Gasteiger partial charge in [0.05, 0.1) is 12.1 Å². The van der Waals surface area contributed by atoms with Crippen LogP contribution in [0, 0.1) is 5.82 Å². The van der Waals surface area contributed by atoms with Crippen molar-refractivity contribution in [3.63, 3.8) is 0 Å². The van der Waals surface area contributed by atoms with E-state index in [-0.39, 0.29) is 24.8 Å². The average molecular weight is 384 g/mol. The number of fused-ring (bicyclic) bond motifs is 1. The van der Waals surface area contributed by atoms with Crippen LogP contribution in [0.5, 0.6) is 11.5 Å². The van der Waals surface area contributed by atoms with Gasteiger partial charge >= 0.3 is 5.97 Å². The zero-order valence-corrected chi connectivity index (χ0v) is 14.7. The number of rotatable bonds is 5. The van der Waals surface area contributed by atoms with Crippen molar-refractivity contribution in [3.8, 4) is 22.8 Å². The maximum Gasteiger partial charge on any atom is 0.315 e. The molecule has 0 saturated heterocycles. The van der Waals surface area contributed by atoms with Crippen LogP contribution in [0.1, 0.15) is 5.56 Å². The van der Waals surface area contributed by atoms with Gasteiger partial charge in [-0.25, -0.2) is 9.37 Å². The van der Waals surface area contributed by atoms with Crippen molar-refractivity contribution in [2.24, 2.45) is 0 Å². The third-order valence-corrected chi connectivity index (χ3v) is 4.60. The molecule has 4 rings (SSSR count). The number of hydrogen-bond donors (Lipinski definition) is 1. The van der Waals surface area contributed by atoms with Gasteiger partial charge in [0.1, 0.15) is 5.82 Å². The number of hydrogen-bond acceptors (Lipinski definition) is 6. The van der Waals surface area contributed by atoms with E-state index in [4.69, 9.17) is 9.47 Å². The molecule has 1 amide bonds. The van der Waals surface area contributed by atoms with Crippen molar-refractivity contribution in [2.75, 3.05) is 11.9 Å². The van der Waals surface area contributed by atoms with E-state index in [0.29, 0.717) is 27.9 Å². The van der Waals surface area contributed by atoms with Gasteiger partial charge in [0.15, 0.2) is 23.2 Å². The van der Waals surface area contributed by atoms with Gasteiger partial charge in [0, 0.05) is 16.5 Å². The summed E-state index contributed by atoms with van der Waals surface area (Å²) >= 11 is 1.23. The highest BCUT2D eigenvalue weighted by atomic mass is 32.1. The molecule has 0 radical (unpaired) electrons. The van der Waals surface area contributed by atoms with Crippen LogP contribution in [0.2, 0.25) is 0 Å². The Labute approximate surface area is 157 Å². The van der Waals surface area contributed by atoms with Crippen molar-refractivity contribution >= 4 is 28.3 Å². The van der Waals surface area contributed by atoms with E-state index < -0.39 is 5.91 Å². The van der Waals surface area contributed by atoms with Crippen LogP contribution < -0.4 is 14.8 Å². The van der Waals surface area contributed by atoms with Gasteiger partial charge in [-0.3, -0.25) is 14.9 Å². The number of anilines is 1. The molecule has 2 aromatic carbocycles. The SMILES string of the molecule is O=C(COc1cccc2c1OC(=O)C2)Nc1nc(-c2cccc(F)c2)cs1. The fraction of sp³-hybridized carbons (Fsp3) is 0.105. The van der Waals surface area contributed by atoms with Crippen molar-refractivity contribution in [1.82, 2.24) is 4.98 Å². The summed E-state index contributed by atoms with van der Waals surface area (Å²) < 4.78 is 23.9. The van der Waals surface area contributed by atoms with Crippen LogP contribution in [0.4, 0.5) is 9.52 Å². The molecule has 1 aliphatic heterocycles. The molecule has 0 aliphatic carbocycles. The molecule has 0 saturated carbocycles. The van der Waals surface area contributed by atoms with Crippen LogP contribution in [-0.2, 0) is 16.0 Å². The largest absolute Gasteiger partial charge is 0.480 e. The molecule has 0 spiro atoms. The lowest BCUT2D eigenvalue weighted by atomic mass is 10.1.